The summed E-state index contributed by atoms with van der Waals surface area (Å²) in [7, 11) is 0. The van der Waals surface area contributed by atoms with Gasteiger partial charge in [0.05, 0.1) is 24.2 Å². The van der Waals surface area contributed by atoms with Crippen LogP contribution in [0.3, 0.4) is 0 Å². The number of anilines is 4. The number of fused-ring (bicyclic) bond motifs is 2. The van der Waals surface area contributed by atoms with Crippen molar-refractivity contribution in [3.63, 3.8) is 0 Å². The van der Waals surface area contributed by atoms with Crippen molar-refractivity contribution in [1.82, 2.24) is 0 Å². The molecule has 2 saturated carbocycles. The molecule has 260 valence electrons. The molecule has 0 bridgehead atoms. The van der Waals surface area contributed by atoms with E-state index in [2.05, 4.69) is 148 Å². The van der Waals surface area contributed by atoms with Crippen molar-refractivity contribution < 1.29 is 0 Å². The second-order valence-corrected chi connectivity index (χ2v) is 16.3. The zero-order valence-electron chi connectivity index (χ0n) is 31.7. The van der Waals surface area contributed by atoms with Gasteiger partial charge in [0.25, 0.3) is 0 Å². The van der Waals surface area contributed by atoms with Crippen molar-refractivity contribution >= 4 is 22.7 Å². The van der Waals surface area contributed by atoms with Crippen LogP contribution in [0, 0.1) is 55.4 Å². The van der Waals surface area contributed by atoms with Crippen molar-refractivity contribution in [2.24, 2.45) is 0 Å². The molecule has 4 heteroatoms. The molecular formula is C46H56N4. The number of benzene rings is 4. The molecule has 4 aromatic carbocycles. The third kappa shape index (κ3) is 5.69. The van der Waals surface area contributed by atoms with Crippen molar-refractivity contribution in [3.8, 4) is 0 Å². The highest BCUT2D eigenvalue weighted by Gasteiger charge is 2.54. The van der Waals surface area contributed by atoms with E-state index >= 15 is 0 Å². The molecule has 4 unspecified atom stereocenters. The van der Waals surface area contributed by atoms with Gasteiger partial charge in [-0.25, -0.2) is 0 Å². The van der Waals surface area contributed by atoms with Gasteiger partial charge in [-0.15, -0.1) is 0 Å². The van der Waals surface area contributed by atoms with Crippen LogP contribution in [-0.2, 0) is 0 Å². The van der Waals surface area contributed by atoms with Gasteiger partial charge in [0.15, 0.2) is 11.6 Å². The normalized spacial score (nSPS) is 23.5. The SMILES string of the molecule is Cc1cc(C)cc(N2C(=C3N(c4cc(C)cc(C)c4)C4CCCCC4N3c3cc(C)ccc3C)N(c3cc(C)cc(C)c3)C3CCCCC32)c1. The fourth-order valence-electron chi connectivity index (χ4n) is 10.2. The summed E-state index contributed by atoms with van der Waals surface area (Å²) in [5, 5.41) is 0. The Morgan fingerprint density at radius 2 is 0.680 bits per heavy atom. The second kappa shape index (κ2) is 12.9. The van der Waals surface area contributed by atoms with Crippen LogP contribution in [0.1, 0.15) is 95.9 Å². The highest BCUT2D eigenvalue weighted by molar-refractivity contribution is 5.78. The Labute approximate surface area is 301 Å². The van der Waals surface area contributed by atoms with Gasteiger partial charge in [-0.1, -0.05) is 56.0 Å². The van der Waals surface area contributed by atoms with E-state index in [9.17, 15) is 0 Å². The van der Waals surface area contributed by atoms with E-state index in [0.29, 0.717) is 24.2 Å². The molecule has 8 rings (SSSR count). The lowest BCUT2D eigenvalue weighted by molar-refractivity contribution is 0.409. The average molecular weight is 665 g/mol. The maximum absolute atomic E-state index is 2.84. The molecule has 4 atom stereocenters. The summed E-state index contributed by atoms with van der Waals surface area (Å²) in [4.78, 5) is 11.3. The molecule has 50 heavy (non-hydrogen) atoms. The number of hydrogen-bond acceptors (Lipinski definition) is 4. The highest BCUT2D eigenvalue weighted by atomic mass is 15.5. The fraction of sp³-hybridized carbons (Fsp3) is 0.435. The summed E-state index contributed by atoms with van der Waals surface area (Å²) < 4.78 is 0. The lowest BCUT2D eigenvalue weighted by atomic mass is 9.89. The van der Waals surface area contributed by atoms with Crippen LogP contribution >= 0.6 is 0 Å². The van der Waals surface area contributed by atoms with Crippen LogP contribution < -0.4 is 19.6 Å². The van der Waals surface area contributed by atoms with Crippen LogP contribution in [0.5, 0.6) is 0 Å². The van der Waals surface area contributed by atoms with Crippen molar-refractivity contribution in [3.05, 3.63) is 129 Å². The van der Waals surface area contributed by atoms with E-state index in [1.807, 2.05) is 0 Å². The Balaban J connectivity index is 1.52. The minimum atomic E-state index is 0.400. The molecular weight excluding hydrogens is 609 g/mol. The van der Waals surface area contributed by atoms with E-state index in [0.717, 1.165) is 0 Å². The molecule has 2 aliphatic carbocycles. The lowest BCUT2D eigenvalue weighted by Crippen LogP contribution is -2.40. The van der Waals surface area contributed by atoms with Gasteiger partial charge >= 0.3 is 0 Å². The lowest BCUT2D eigenvalue weighted by Gasteiger charge is -2.36. The molecule has 2 heterocycles. The van der Waals surface area contributed by atoms with E-state index < -0.39 is 0 Å². The molecule has 4 nitrogen and oxygen atoms in total. The van der Waals surface area contributed by atoms with Gasteiger partial charge in [0.2, 0.25) is 0 Å². The molecule has 2 aliphatic heterocycles. The second-order valence-electron chi connectivity index (χ2n) is 16.3. The van der Waals surface area contributed by atoms with E-state index in [1.54, 1.807) is 0 Å². The minimum absolute atomic E-state index is 0.400. The standard InChI is InChI=1S/C46H56N4/c1-29-17-18-36(8)44(28-29)50-43-16-12-11-15-42(43)49(39-26-34(6)21-35(7)27-39)46(50)45-47(37-22-30(2)19-31(3)23-37)40-13-9-10-14-41(40)48(45)38-24-32(4)20-33(5)25-38/h17-28,40-43H,9-16H2,1-8H3. The summed E-state index contributed by atoms with van der Waals surface area (Å²) in [5.74, 6) is 2.74. The third-order valence-corrected chi connectivity index (χ3v) is 11.9. The molecule has 0 aromatic heterocycles. The Bertz CT molecular complexity index is 1840. The predicted molar refractivity (Wildman–Crippen MR) is 213 cm³/mol. The maximum atomic E-state index is 2.84. The average Bonchev–Trinajstić information content (AvgIpc) is 3.58. The summed E-state index contributed by atoms with van der Waals surface area (Å²) in [6.45, 7) is 18.2. The quantitative estimate of drug-likeness (QED) is 0.215. The first kappa shape index (κ1) is 33.0. The Morgan fingerprint density at radius 1 is 0.360 bits per heavy atom. The van der Waals surface area contributed by atoms with Gasteiger partial charge in [-0.2, -0.15) is 0 Å². The van der Waals surface area contributed by atoms with Crippen LogP contribution in [0.4, 0.5) is 22.7 Å². The Morgan fingerprint density at radius 3 is 1.04 bits per heavy atom. The largest absolute Gasteiger partial charge is 0.320 e. The molecule has 0 spiro atoms. The summed E-state index contributed by atoms with van der Waals surface area (Å²) in [5.41, 5.74) is 16.1. The summed E-state index contributed by atoms with van der Waals surface area (Å²) in [6.07, 6.45) is 9.92. The number of aryl methyl sites for hydroxylation is 8. The van der Waals surface area contributed by atoms with Gasteiger partial charge in [-0.05, 0) is 168 Å². The van der Waals surface area contributed by atoms with Crippen LogP contribution in [0.15, 0.2) is 84.4 Å². The van der Waals surface area contributed by atoms with Crippen molar-refractivity contribution in [2.75, 3.05) is 19.6 Å². The van der Waals surface area contributed by atoms with Gasteiger partial charge < -0.3 is 19.6 Å². The van der Waals surface area contributed by atoms with E-state index in [4.69, 9.17) is 0 Å². The zero-order chi connectivity index (χ0) is 34.8. The minimum Gasteiger partial charge on any atom is -0.320 e. The molecule has 0 N–H and O–H groups in total. The fourth-order valence-corrected chi connectivity index (χ4v) is 10.2. The third-order valence-electron chi connectivity index (χ3n) is 11.9. The summed E-state index contributed by atoms with van der Waals surface area (Å²) in [6, 6.07) is 30.4. The monoisotopic (exact) mass is 664 g/mol. The number of rotatable bonds is 4. The van der Waals surface area contributed by atoms with Crippen LogP contribution in [0.25, 0.3) is 0 Å². The van der Waals surface area contributed by atoms with E-state index in [1.165, 1.54) is 130 Å². The van der Waals surface area contributed by atoms with Crippen LogP contribution in [0.2, 0.25) is 0 Å². The van der Waals surface area contributed by atoms with Gasteiger partial charge in [0, 0.05) is 22.7 Å². The molecule has 4 aliphatic rings. The molecule has 4 fully saturated rings. The zero-order valence-corrected chi connectivity index (χ0v) is 31.7. The van der Waals surface area contributed by atoms with Gasteiger partial charge in [-0.3, -0.25) is 0 Å². The van der Waals surface area contributed by atoms with Crippen molar-refractivity contribution in [2.45, 2.75) is 131 Å². The Kier molecular flexibility index (Phi) is 8.48. The number of hydrogen-bond donors (Lipinski definition) is 0. The van der Waals surface area contributed by atoms with E-state index in [-0.39, 0.29) is 0 Å². The molecule has 0 amide bonds. The van der Waals surface area contributed by atoms with Crippen LogP contribution in [-0.4, -0.2) is 24.2 Å². The predicted octanol–water partition coefficient (Wildman–Crippen LogP) is 11.3. The molecule has 0 radical (unpaired) electrons. The van der Waals surface area contributed by atoms with Gasteiger partial charge in [0.1, 0.15) is 0 Å². The highest BCUT2D eigenvalue weighted by Crippen LogP contribution is 2.52. The van der Waals surface area contributed by atoms with Crippen molar-refractivity contribution in [1.29, 1.82) is 0 Å². The summed E-state index contributed by atoms with van der Waals surface area (Å²) >= 11 is 0. The first-order chi connectivity index (χ1) is 24.1. The Hall–Kier alpha value is -4.18. The number of nitrogens with zero attached hydrogens (tertiary/aromatic N) is 4. The molecule has 2 saturated heterocycles. The first-order valence-electron chi connectivity index (χ1n) is 19.3. The maximum Gasteiger partial charge on any atom is 0.156 e. The topological polar surface area (TPSA) is 13.0 Å². The first-order valence-corrected chi connectivity index (χ1v) is 19.3. The smallest absolute Gasteiger partial charge is 0.156 e. The molecule has 4 aromatic rings.